The second-order valence-corrected chi connectivity index (χ2v) is 8.10. The molecule has 1 saturated heterocycles. The smallest absolute Gasteiger partial charge is 0.135 e. The number of halogens is 1. The summed E-state index contributed by atoms with van der Waals surface area (Å²) >= 11 is 7.74. The summed E-state index contributed by atoms with van der Waals surface area (Å²) in [6.45, 7) is 5.57. The minimum absolute atomic E-state index is 0.308. The largest absolute Gasteiger partial charge is 0.466 e. The normalized spacial score (nSPS) is 26.2. The third-order valence-corrected chi connectivity index (χ3v) is 6.96. The zero-order chi connectivity index (χ0) is 13.0. The van der Waals surface area contributed by atoms with E-state index in [-0.39, 0.29) is 0 Å². The first-order valence-electron chi connectivity index (χ1n) is 6.43. The molecule has 0 amide bonds. The maximum atomic E-state index is 5.69. The van der Waals surface area contributed by atoms with E-state index in [0.717, 1.165) is 23.2 Å². The lowest BCUT2D eigenvalue weighted by atomic mass is 10.1. The first kappa shape index (κ1) is 14.8. The van der Waals surface area contributed by atoms with Crippen molar-refractivity contribution in [1.82, 2.24) is 5.32 Å². The monoisotopic (exact) mass is 349 g/mol. The maximum Gasteiger partial charge on any atom is 0.135 e. The Labute approximate surface area is 126 Å². The number of nitrogens with one attached hydrogen (secondary N) is 1. The molecule has 1 aromatic heterocycles. The molecule has 1 aliphatic rings. The van der Waals surface area contributed by atoms with Crippen molar-refractivity contribution in [2.24, 2.45) is 0 Å². The van der Waals surface area contributed by atoms with Crippen molar-refractivity contribution < 1.29 is 4.42 Å². The van der Waals surface area contributed by atoms with E-state index in [2.05, 4.69) is 58.6 Å². The SMILES string of the molecule is CCCNC(c1occc1Br)C1SCCSC1C. The topological polar surface area (TPSA) is 25.2 Å². The predicted molar refractivity (Wildman–Crippen MR) is 85.6 cm³/mol. The standard InChI is InChI=1S/C13H20BrNOS2/c1-3-5-15-11(12-10(14)4-6-16-12)13-9(2)17-7-8-18-13/h4,6,9,11,13,15H,3,5,7-8H2,1-2H3. The highest BCUT2D eigenvalue weighted by Gasteiger charge is 2.33. The van der Waals surface area contributed by atoms with Crippen molar-refractivity contribution in [3.8, 4) is 0 Å². The van der Waals surface area contributed by atoms with Gasteiger partial charge < -0.3 is 9.73 Å². The van der Waals surface area contributed by atoms with Gasteiger partial charge in [0.1, 0.15) is 5.76 Å². The molecule has 1 aliphatic heterocycles. The van der Waals surface area contributed by atoms with Gasteiger partial charge in [-0.2, -0.15) is 23.5 Å². The molecule has 0 saturated carbocycles. The Morgan fingerprint density at radius 3 is 2.89 bits per heavy atom. The van der Waals surface area contributed by atoms with Crippen molar-refractivity contribution in [2.45, 2.75) is 36.8 Å². The minimum atomic E-state index is 0.308. The van der Waals surface area contributed by atoms with Crippen LogP contribution in [-0.2, 0) is 0 Å². The van der Waals surface area contributed by atoms with Crippen LogP contribution in [0.3, 0.4) is 0 Å². The highest BCUT2D eigenvalue weighted by molar-refractivity contribution is 9.10. The first-order valence-corrected chi connectivity index (χ1v) is 9.32. The summed E-state index contributed by atoms with van der Waals surface area (Å²) in [6.07, 6.45) is 2.92. The molecule has 0 radical (unpaired) electrons. The maximum absolute atomic E-state index is 5.69. The molecule has 3 unspecified atom stereocenters. The van der Waals surface area contributed by atoms with Crippen LogP contribution in [0.2, 0.25) is 0 Å². The molecule has 3 atom stereocenters. The minimum Gasteiger partial charge on any atom is -0.466 e. The summed E-state index contributed by atoms with van der Waals surface area (Å²) in [7, 11) is 0. The zero-order valence-corrected chi connectivity index (χ0v) is 14.0. The van der Waals surface area contributed by atoms with Crippen molar-refractivity contribution in [1.29, 1.82) is 0 Å². The van der Waals surface area contributed by atoms with Gasteiger partial charge in [0.2, 0.25) is 0 Å². The zero-order valence-electron chi connectivity index (χ0n) is 10.8. The van der Waals surface area contributed by atoms with Crippen LogP contribution in [-0.4, -0.2) is 28.6 Å². The van der Waals surface area contributed by atoms with Gasteiger partial charge in [-0.05, 0) is 35.0 Å². The summed E-state index contributed by atoms with van der Waals surface area (Å²) in [5.74, 6) is 3.56. The van der Waals surface area contributed by atoms with Gasteiger partial charge in [0.15, 0.2) is 0 Å². The molecule has 5 heteroatoms. The van der Waals surface area contributed by atoms with Crippen LogP contribution in [0.15, 0.2) is 21.2 Å². The number of rotatable bonds is 5. The van der Waals surface area contributed by atoms with Crippen LogP contribution in [0, 0.1) is 0 Å². The van der Waals surface area contributed by atoms with Gasteiger partial charge in [-0.15, -0.1) is 0 Å². The Balaban J connectivity index is 2.16. The van der Waals surface area contributed by atoms with Crippen molar-refractivity contribution in [2.75, 3.05) is 18.1 Å². The van der Waals surface area contributed by atoms with E-state index >= 15 is 0 Å². The molecule has 1 fully saturated rings. The molecule has 0 spiro atoms. The Bertz CT molecular complexity index is 372. The summed E-state index contributed by atoms with van der Waals surface area (Å²) < 4.78 is 6.78. The highest BCUT2D eigenvalue weighted by atomic mass is 79.9. The number of furan rings is 1. The van der Waals surface area contributed by atoms with Gasteiger partial charge in [0, 0.05) is 22.0 Å². The Kier molecular flexibility index (Phi) is 5.98. The lowest BCUT2D eigenvalue weighted by Gasteiger charge is -2.34. The van der Waals surface area contributed by atoms with Crippen LogP contribution < -0.4 is 5.32 Å². The lowest BCUT2D eigenvalue weighted by molar-refractivity contribution is 0.400. The van der Waals surface area contributed by atoms with Gasteiger partial charge in [0.05, 0.1) is 16.8 Å². The molecular formula is C13H20BrNOS2. The summed E-state index contributed by atoms with van der Waals surface area (Å²) in [4.78, 5) is 0. The molecule has 102 valence electrons. The van der Waals surface area contributed by atoms with Crippen LogP contribution >= 0.6 is 39.5 Å². The average Bonchev–Trinajstić information content (AvgIpc) is 2.78. The molecule has 18 heavy (non-hydrogen) atoms. The first-order chi connectivity index (χ1) is 8.74. The van der Waals surface area contributed by atoms with E-state index in [0.29, 0.717) is 16.5 Å². The Morgan fingerprint density at radius 1 is 1.50 bits per heavy atom. The molecule has 0 aromatic carbocycles. The van der Waals surface area contributed by atoms with Gasteiger partial charge in [-0.25, -0.2) is 0 Å². The Morgan fingerprint density at radius 2 is 2.28 bits per heavy atom. The van der Waals surface area contributed by atoms with Crippen LogP contribution in [0.25, 0.3) is 0 Å². The number of thioether (sulfide) groups is 2. The summed E-state index contributed by atoms with van der Waals surface area (Å²) in [6, 6.07) is 2.29. The second kappa shape index (κ2) is 7.27. The van der Waals surface area contributed by atoms with Crippen LogP contribution in [0.5, 0.6) is 0 Å². The molecule has 2 heterocycles. The van der Waals surface area contributed by atoms with E-state index in [1.165, 1.54) is 11.5 Å². The van der Waals surface area contributed by atoms with Crippen molar-refractivity contribution >= 4 is 39.5 Å². The molecule has 1 aromatic rings. The Hall–Kier alpha value is 0.420. The lowest BCUT2D eigenvalue weighted by Crippen LogP contribution is -2.38. The summed E-state index contributed by atoms with van der Waals surface area (Å²) in [5, 5.41) is 4.90. The molecular weight excluding hydrogens is 330 g/mol. The van der Waals surface area contributed by atoms with E-state index in [1.54, 1.807) is 6.26 Å². The van der Waals surface area contributed by atoms with E-state index < -0.39 is 0 Å². The van der Waals surface area contributed by atoms with E-state index in [1.807, 2.05) is 6.07 Å². The van der Waals surface area contributed by atoms with Crippen LogP contribution in [0.1, 0.15) is 32.1 Å². The second-order valence-electron chi connectivity index (χ2n) is 4.48. The van der Waals surface area contributed by atoms with Crippen molar-refractivity contribution in [3.63, 3.8) is 0 Å². The third kappa shape index (κ3) is 3.50. The van der Waals surface area contributed by atoms with Gasteiger partial charge >= 0.3 is 0 Å². The highest BCUT2D eigenvalue weighted by Crippen LogP contribution is 2.40. The molecule has 0 bridgehead atoms. The van der Waals surface area contributed by atoms with E-state index in [9.17, 15) is 0 Å². The van der Waals surface area contributed by atoms with Gasteiger partial charge in [-0.1, -0.05) is 13.8 Å². The van der Waals surface area contributed by atoms with E-state index in [4.69, 9.17) is 4.42 Å². The third-order valence-electron chi connectivity index (χ3n) is 3.11. The number of hydrogen-bond acceptors (Lipinski definition) is 4. The molecule has 0 aliphatic carbocycles. The number of hydrogen-bond donors (Lipinski definition) is 1. The predicted octanol–water partition coefficient (Wildman–Crippen LogP) is 4.32. The molecule has 1 N–H and O–H groups in total. The van der Waals surface area contributed by atoms with Gasteiger partial charge in [0.25, 0.3) is 0 Å². The fourth-order valence-corrected chi connectivity index (χ4v) is 5.56. The molecule has 2 rings (SSSR count). The average molecular weight is 350 g/mol. The van der Waals surface area contributed by atoms with Crippen molar-refractivity contribution in [3.05, 3.63) is 22.6 Å². The fourth-order valence-electron chi connectivity index (χ4n) is 2.20. The van der Waals surface area contributed by atoms with Crippen LogP contribution in [0.4, 0.5) is 0 Å². The molecule has 2 nitrogen and oxygen atoms in total. The fraction of sp³-hybridized carbons (Fsp3) is 0.692. The summed E-state index contributed by atoms with van der Waals surface area (Å²) in [5.41, 5.74) is 0. The van der Waals surface area contributed by atoms with Gasteiger partial charge in [-0.3, -0.25) is 0 Å². The quantitative estimate of drug-likeness (QED) is 0.855.